The SMILES string of the molecule is Cc1ccc(NC(=O)N2CCOCC2c2c(C)n[nH]c2C)cc1. The molecule has 3 rings (SSSR count). The number of H-pyrrole nitrogens is 1. The van der Waals surface area contributed by atoms with Gasteiger partial charge in [0.05, 0.1) is 24.9 Å². The Morgan fingerprint density at radius 3 is 2.70 bits per heavy atom. The maximum Gasteiger partial charge on any atom is 0.322 e. The lowest BCUT2D eigenvalue weighted by molar-refractivity contribution is 0.0143. The monoisotopic (exact) mass is 314 g/mol. The molecule has 23 heavy (non-hydrogen) atoms. The largest absolute Gasteiger partial charge is 0.377 e. The molecule has 2 heterocycles. The van der Waals surface area contributed by atoms with Crippen LogP contribution >= 0.6 is 0 Å². The number of morpholine rings is 1. The summed E-state index contributed by atoms with van der Waals surface area (Å²) in [6, 6.07) is 7.57. The Morgan fingerprint density at radius 1 is 1.30 bits per heavy atom. The lowest BCUT2D eigenvalue weighted by Gasteiger charge is -2.35. The molecule has 0 radical (unpaired) electrons. The quantitative estimate of drug-likeness (QED) is 0.895. The topological polar surface area (TPSA) is 70.2 Å². The van der Waals surface area contributed by atoms with E-state index >= 15 is 0 Å². The van der Waals surface area contributed by atoms with Gasteiger partial charge in [-0.2, -0.15) is 5.10 Å². The summed E-state index contributed by atoms with van der Waals surface area (Å²) in [4.78, 5) is 14.5. The van der Waals surface area contributed by atoms with Gasteiger partial charge in [0.1, 0.15) is 0 Å². The number of carbonyl (C=O) groups is 1. The molecule has 0 saturated carbocycles. The fraction of sp³-hybridized carbons (Fsp3) is 0.412. The van der Waals surface area contributed by atoms with E-state index in [1.165, 1.54) is 0 Å². The normalized spacial score (nSPS) is 18.0. The first kappa shape index (κ1) is 15.6. The molecule has 1 atom stereocenters. The van der Waals surface area contributed by atoms with Crippen LogP contribution in [0, 0.1) is 20.8 Å². The fourth-order valence-electron chi connectivity index (χ4n) is 2.97. The van der Waals surface area contributed by atoms with Crippen LogP contribution in [0.5, 0.6) is 0 Å². The maximum atomic E-state index is 12.7. The molecular weight excluding hydrogens is 292 g/mol. The minimum atomic E-state index is -0.118. The summed E-state index contributed by atoms with van der Waals surface area (Å²) in [5.41, 5.74) is 4.89. The van der Waals surface area contributed by atoms with Crippen molar-refractivity contribution < 1.29 is 9.53 Å². The van der Waals surface area contributed by atoms with Crippen molar-refractivity contribution in [3.05, 3.63) is 46.8 Å². The Labute approximate surface area is 135 Å². The Balaban J connectivity index is 1.81. The van der Waals surface area contributed by atoms with E-state index in [4.69, 9.17) is 4.74 Å². The number of hydrogen-bond acceptors (Lipinski definition) is 3. The molecule has 1 aromatic carbocycles. The van der Waals surface area contributed by atoms with Gasteiger partial charge in [0.25, 0.3) is 0 Å². The highest BCUT2D eigenvalue weighted by atomic mass is 16.5. The van der Waals surface area contributed by atoms with Gasteiger partial charge in [-0.1, -0.05) is 17.7 Å². The molecule has 1 unspecified atom stereocenters. The number of aromatic amines is 1. The molecule has 2 N–H and O–H groups in total. The van der Waals surface area contributed by atoms with E-state index in [0.29, 0.717) is 19.8 Å². The van der Waals surface area contributed by atoms with Gasteiger partial charge >= 0.3 is 6.03 Å². The van der Waals surface area contributed by atoms with E-state index < -0.39 is 0 Å². The van der Waals surface area contributed by atoms with Gasteiger partial charge in [0.15, 0.2) is 0 Å². The summed E-state index contributed by atoms with van der Waals surface area (Å²) in [6.07, 6.45) is 0. The molecule has 6 heteroatoms. The number of benzene rings is 1. The highest BCUT2D eigenvalue weighted by Crippen LogP contribution is 2.28. The number of amides is 2. The predicted octanol–water partition coefficient (Wildman–Crippen LogP) is 2.94. The van der Waals surface area contributed by atoms with Gasteiger partial charge in [-0.15, -0.1) is 0 Å². The summed E-state index contributed by atoms with van der Waals surface area (Å²) in [5, 5.41) is 10.2. The summed E-state index contributed by atoms with van der Waals surface area (Å²) in [5.74, 6) is 0. The van der Waals surface area contributed by atoms with E-state index in [9.17, 15) is 4.79 Å². The molecule has 1 aromatic heterocycles. The molecule has 0 spiro atoms. The number of aryl methyl sites for hydroxylation is 3. The Morgan fingerprint density at radius 2 is 2.04 bits per heavy atom. The van der Waals surface area contributed by atoms with Crippen LogP contribution < -0.4 is 5.32 Å². The Bertz CT molecular complexity index is 674. The number of hydrogen-bond donors (Lipinski definition) is 2. The van der Waals surface area contributed by atoms with Crippen LogP contribution in [0.1, 0.15) is 28.6 Å². The number of carbonyl (C=O) groups excluding carboxylic acids is 1. The first-order valence-electron chi connectivity index (χ1n) is 7.80. The van der Waals surface area contributed by atoms with E-state index in [1.54, 1.807) is 0 Å². The van der Waals surface area contributed by atoms with Crippen LogP contribution in [0.4, 0.5) is 10.5 Å². The number of aromatic nitrogens is 2. The van der Waals surface area contributed by atoms with Gasteiger partial charge in [-0.25, -0.2) is 4.79 Å². The molecule has 6 nitrogen and oxygen atoms in total. The Kier molecular flexibility index (Phi) is 4.34. The third-order valence-electron chi connectivity index (χ3n) is 4.21. The van der Waals surface area contributed by atoms with Crippen LogP contribution in [0.15, 0.2) is 24.3 Å². The Hall–Kier alpha value is -2.34. The summed E-state index contributed by atoms with van der Waals surface area (Å²) in [6.45, 7) is 7.54. The zero-order valence-electron chi connectivity index (χ0n) is 13.7. The van der Waals surface area contributed by atoms with Crippen molar-refractivity contribution in [3.8, 4) is 0 Å². The number of ether oxygens (including phenoxy) is 1. The van der Waals surface area contributed by atoms with Crippen LogP contribution in [0.25, 0.3) is 0 Å². The second-order valence-electron chi connectivity index (χ2n) is 5.93. The molecule has 2 amide bonds. The predicted molar refractivity (Wildman–Crippen MR) is 88.5 cm³/mol. The standard InChI is InChI=1S/C17H22N4O2/c1-11-4-6-14(7-5-11)18-17(22)21-8-9-23-10-15(21)16-12(2)19-20-13(16)3/h4-7,15H,8-10H2,1-3H3,(H,18,22)(H,19,20). The summed E-state index contributed by atoms with van der Waals surface area (Å²) < 4.78 is 5.60. The molecule has 1 saturated heterocycles. The lowest BCUT2D eigenvalue weighted by atomic mass is 10.0. The van der Waals surface area contributed by atoms with Crippen molar-refractivity contribution in [2.75, 3.05) is 25.1 Å². The lowest BCUT2D eigenvalue weighted by Crippen LogP contribution is -2.45. The van der Waals surface area contributed by atoms with Crippen LogP contribution in [0.3, 0.4) is 0 Å². The van der Waals surface area contributed by atoms with Gasteiger partial charge < -0.3 is 15.0 Å². The molecule has 1 aliphatic heterocycles. The zero-order chi connectivity index (χ0) is 16.4. The molecule has 1 aliphatic rings. The van der Waals surface area contributed by atoms with Crippen molar-refractivity contribution in [1.29, 1.82) is 0 Å². The van der Waals surface area contributed by atoms with Crippen LogP contribution in [-0.4, -0.2) is 40.9 Å². The van der Waals surface area contributed by atoms with Crippen molar-refractivity contribution >= 4 is 11.7 Å². The second-order valence-corrected chi connectivity index (χ2v) is 5.93. The fourth-order valence-corrected chi connectivity index (χ4v) is 2.97. The average molecular weight is 314 g/mol. The maximum absolute atomic E-state index is 12.7. The van der Waals surface area contributed by atoms with E-state index in [1.807, 2.05) is 49.9 Å². The van der Waals surface area contributed by atoms with Crippen LogP contribution in [0.2, 0.25) is 0 Å². The number of urea groups is 1. The van der Waals surface area contributed by atoms with E-state index in [2.05, 4.69) is 15.5 Å². The number of anilines is 1. The third kappa shape index (κ3) is 3.22. The molecule has 0 bridgehead atoms. The van der Waals surface area contributed by atoms with Crippen molar-refractivity contribution in [2.24, 2.45) is 0 Å². The molecular formula is C17H22N4O2. The van der Waals surface area contributed by atoms with Crippen molar-refractivity contribution in [2.45, 2.75) is 26.8 Å². The number of rotatable bonds is 2. The highest BCUT2D eigenvalue weighted by Gasteiger charge is 2.31. The van der Waals surface area contributed by atoms with Crippen molar-refractivity contribution in [1.82, 2.24) is 15.1 Å². The molecule has 122 valence electrons. The number of nitrogens with one attached hydrogen (secondary N) is 2. The van der Waals surface area contributed by atoms with E-state index in [-0.39, 0.29) is 12.1 Å². The van der Waals surface area contributed by atoms with Gasteiger partial charge in [-0.3, -0.25) is 5.10 Å². The summed E-state index contributed by atoms with van der Waals surface area (Å²) in [7, 11) is 0. The minimum Gasteiger partial charge on any atom is -0.377 e. The molecule has 0 aliphatic carbocycles. The highest BCUT2D eigenvalue weighted by molar-refractivity contribution is 5.89. The number of nitrogens with zero attached hydrogens (tertiary/aromatic N) is 2. The van der Waals surface area contributed by atoms with Crippen molar-refractivity contribution in [3.63, 3.8) is 0 Å². The molecule has 2 aromatic rings. The minimum absolute atomic E-state index is 0.109. The average Bonchev–Trinajstić information content (AvgIpc) is 2.88. The zero-order valence-corrected chi connectivity index (χ0v) is 13.7. The second kappa shape index (κ2) is 6.42. The van der Waals surface area contributed by atoms with Gasteiger partial charge in [-0.05, 0) is 32.9 Å². The third-order valence-corrected chi connectivity index (χ3v) is 4.21. The van der Waals surface area contributed by atoms with Gasteiger partial charge in [0.2, 0.25) is 0 Å². The first-order valence-corrected chi connectivity index (χ1v) is 7.80. The van der Waals surface area contributed by atoms with Gasteiger partial charge in [0, 0.05) is 23.5 Å². The first-order chi connectivity index (χ1) is 11.1. The molecule has 1 fully saturated rings. The summed E-state index contributed by atoms with van der Waals surface area (Å²) >= 11 is 0. The van der Waals surface area contributed by atoms with E-state index in [0.717, 1.165) is 28.2 Å². The smallest absolute Gasteiger partial charge is 0.322 e. The van der Waals surface area contributed by atoms with Crippen LogP contribution in [-0.2, 0) is 4.74 Å².